The van der Waals surface area contributed by atoms with E-state index >= 15 is 0 Å². The van der Waals surface area contributed by atoms with Gasteiger partial charge in [-0.2, -0.15) is 5.10 Å². The van der Waals surface area contributed by atoms with E-state index in [4.69, 9.17) is 16.3 Å². The second-order valence-electron chi connectivity index (χ2n) is 7.42. The van der Waals surface area contributed by atoms with Gasteiger partial charge in [0.25, 0.3) is 5.56 Å². The largest absolute Gasteiger partial charge is 0.373 e. The molecule has 0 atom stereocenters. The van der Waals surface area contributed by atoms with Crippen LogP contribution in [0, 0.1) is 5.82 Å². The van der Waals surface area contributed by atoms with E-state index in [-0.39, 0.29) is 22.5 Å². The number of hydrogen-bond acceptors (Lipinski definition) is 4. The summed E-state index contributed by atoms with van der Waals surface area (Å²) in [7, 11) is 0. The minimum atomic E-state index is -0.285. The smallest absolute Gasteiger partial charge is 0.287 e. The summed E-state index contributed by atoms with van der Waals surface area (Å²) in [5.74, 6) is -0.247. The molecule has 1 saturated heterocycles. The third-order valence-corrected chi connectivity index (χ3v) is 5.68. The van der Waals surface area contributed by atoms with Crippen molar-refractivity contribution in [3.8, 4) is 0 Å². The van der Waals surface area contributed by atoms with Gasteiger partial charge in [-0.1, -0.05) is 54.1 Å². The molecule has 1 fully saturated rings. The maximum atomic E-state index is 13.0. The highest BCUT2D eigenvalue weighted by Gasteiger charge is 2.23. The fraction of sp³-hybridized carbons (Fsp3) is 0.304. The molecule has 0 bridgehead atoms. The van der Waals surface area contributed by atoms with Gasteiger partial charge in [-0.3, -0.25) is 4.79 Å². The summed E-state index contributed by atoms with van der Waals surface area (Å²) in [4.78, 5) is 14.8. The number of aromatic nitrogens is 2. The molecule has 2 aromatic carbocycles. The molecule has 0 amide bonds. The molecule has 2 heterocycles. The number of hydrogen-bond donors (Lipinski definition) is 0. The standard InChI is InChI=1S/C23H23ClFN3O2/c24-22-21(14-26-28(23(22)29)15-17-4-2-1-3-5-17)27-12-10-20(11-13-27)30-16-18-6-8-19(25)9-7-18/h1-9,14,20H,10-13,15-16H2. The first-order valence-corrected chi connectivity index (χ1v) is 10.4. The molecular weight excluding hydrogens is 405 g/mol. The Hall–Kier alpha value is -2.70. The van der Waals surface area contributed by atoms with Crippen molar-refractivity contribution in [3.63, 3.8) is 0 Å². The zero-order valence-corrected chi connectivity index (χ0v) is 17.3. The van der Waals surface area contributed by atoms with Gasteiger partial charge in [0.2, 0.25) is 0 Å². The van der Waals surface area contributed by atoms with E-state index in [2.05, 4.69) is 10.00 Å². The molecule has 3 aromatic rings. The molecule has 0 N–H and O–H groups in total. The van der Waals surface area contributed by atoms with E-state index in [1.54, 1.807) is 18.3 Å². The SMILES string of the molecule is O=c1c(Cl)c(N2CCC(OCc3ccc(F)cc3)CC2)cnn1Cc1ccccc1. The Bertz CT molecular complexity index is 1030. The molecule has 156 valence electrons. The van der Waals surface area contributed by atoms with Crippen LogP contribution in [0.3, 0.4) is 0 Å². The van der Waals surface area contributed by atoms with Crippen LogP contribution in [0.5, 0.6) is 0 Å². The summed E-state index contributed by atoms with van der Waals surface area (Å²) in [5.41, 5.74) is 2.33. The highest BCUT2D eigenvalue weighted by atomic mass is 35.5. The van der Waals surface area contributed by atoms with Crippen LogP contribution in [0.4, 0.5) is 10.1 Å². The molecule has 1 aliphatic rings. The Morgan fingerprint density at radius 3 is 2.43 bits per heavy atom. The van der Waals surface area contributed by atoms with Crippen LogP contribution in [0.2, 0.25) is 5.02 Å². The van der Waals surface area contributed by atoms with Crippen molar-refractivity contribution >= 4 is 17.3 Å². The second-order valence-corrected chi connectivity index (χ2v) is 7.79. The van der Waals surface area contributed by atoms with E-state index in [0.29, 0.717) is 18.8 Å². The summed E-state index contributed by atoms with van der Waals surface area (Å²) >= 11 is 6.41. The Morgan fingerprint density at radius 2 is 1.73 bits per heavy atom. The summed E-state index contributed by atoms with van der Waals surface area (Å²) in [5, 5.41) is 4.53. The highest BCUT2D eigenvalue weighted by Crippen LogP contribution is 2.26. The summed E-state index contributed by atoms with van der Waals surface area (Å²) in [6, 6.07) is 16.0. The summed E-state index contributed by atoms with van der Waals surface area (Å²) < 4.78 is 20.4. The quantitative estimate of drug-likeness (QED) is 0.589. The first-order chi connectivity index (χ1) is 14.6. The molecular formula is C23H23ClFN3O2. The van der Waals surface area contributed by atoms with Crippen molar-refractivity contribution in [2.24, 2.45) is 0 Å². The number of benzene rings is 2. The van der Waals surface area contributed by atoms with Crippen LogP contribution >= 0.6 is 11.6 Å². The fourth-order valence-electron chi connectivity index (χ4n) is 3.60. The number of nitrogens with zero attached hydrogens (tertiary/aromatic N) is 3. The van der Waals surface area contributed by atoms with E-state index in [1.165, 1.54) is 16.8 Å². The van der Waals surface area contributed by atoms with E-state index < -0.39 is 0 Å². The normalized spacial score (nSPS) is 14.8. The molecule has 7 heteroatoms. The lowest BCUT2D eigenvalue weighted by atomic mass is 10.1. The predicted molar refractivity (Wildman–Crippen MR) is 115 cm³/mol. The zero-order chi connectivity index (χ0) is 20.9. The van der Waals surface area contributed by atoms with Crippen molar-refractivity contribution < 1.29 is 9.13 Å². The molecule has 0 spiro atoms. The van der Waals surface area contributed by atoms with Crippen LogP contribution < -0.4 is 10.5 Å². The van der Waals surface area contributed by atoms with Crippen LogP contribution in [0.15, 0.2) is 65.6 Å². The van der Waals surface area contributed by atoms with Crippen molar-refractivity contribution in [3.05, 3.63) is 93.1 Å². The van der Waals surface area contributed by atoms with E-state index in [0.717, 1.165) is 37.1 Å². The van der Waals surface area contributed by atoms with Gasteiger partial charge < -0.3 is 9.64 Å². The highest BCUT2D eigenvalue weighted by molar-refractivity contribution is 6.33. The number of ether oxygens (including phenoxy) is 1. The molecule has 1 aliphatic heterocycles. The van der Waals surface area contributed by atoms with Crippen molar-refractivity contribution in [2.75, 3.05) is 18.0 Å². The number of halogens is 2. The molecule has 5 nitrogen and oxygen atoms in total. The first-order valence-electron chi connectivity index (χ1n) is 10.0. The summed E-state index contributed by atoms with van der Waals surface area (Å²) in [6.07, 6.45) is 3.44. The predicted octanol–water partition coefficient (Wildman–Crippen LogP) is 4.27. The Kier molecular flexibility index (Phi) is 6.45. The molecule has 1 aromatic heterocycles. The van der Waals surface area contributed by atoms with Crippen LogP contribution in [0.25, 0.3) is 0 Å². The minimum absolute atomic E-state index is 0.122. The van der Waals surface area contributed by atoms with Gasteiger partial charge in [-0.05, 0) is 36.1 Å². The topological polar surface area (TPSA) is 47.4 Å². The lowest BCUT2D eigenvalue weighted by molar-refractivity contribution is 0.0251. The number of rotatable bonds is 6. The molecule has 0 aliphatic carbocycles. The molecule has 4 rings (SSSR count). The van der Waals surface area contributed by atoms with Crippen molar-refractivity contribution in [2.45, 2.75) is 32.1 Å². The minimum Gasteiger partial charge on any atom is -0.373 e. The van der Waals surface area contributed by atoms with Crippen LogP contribution in [-0.2, 0) is 17.9 Å². The summed E-state index contributed by atoms with van der Waals surface area (Å²) in [6.45, 7) is 2.32. The molecule has 0 radical (unpaired) electrons. The van der Waals surface area contributed by atoms with Gasteiger partial charge in [0.15, 0.2) is 0 Å². The van der Waals surface area contributed by atoms with Gasteiger partial charge in [0.05, 0.1) is 31.1 Å². The Labute approximate surface area is 179 Å². The molecule has 0 saturated carbocycles. The first kappa shape index (κ1) is 20.6. The third-order valence-electron chi connectivity index (χ3n) is 5.32. The van der Waals surface area contributed by atoms with Crippen molar-refractivity contribution in [1.29, 1.82) is 0 Å². The van der Waals surface area contributed by atoms with Gasteiger partial charge in [0, 0.05) is 13.1 Å². The number of anilines is 1. The zero-order valence-electron chi connectivity index (χ0n) is 16.5. The maximum Gasteiger partial charge on any atom is 0.287 e. The lowest BCUT2D eigenvalue weighted by Crippen LogP contribution is -2.38. The monoisotopic (exact) mass is 427 g/mol. The van der Waals surface area contributed by atoms with Crippen molar-refractivity contribution in [1.82, 2.24) is 9.78 Å². The van der Waals surface area contributed by atoms with Gasteiger partial charge in [-0.25, -0.2) is 9.07 Å². The fourth-order valence-corrected chi connectivity index (χ4v) is 3.87. The maximum absolute atomic E-state index is 13.0. The number of piperidine rings is 1. The second kappa shape index (κ2) is 9.41. The van der Waals surface area contributed by atoms with Gasteiger partial charge in [-0.15, -0.1) is 0 Å². The van der Waals surface area contributed by atoms with E-state index in [1.807, 2.05) is 30.3 Å². The molecule has 0 unspecified atom stereocenters. The Morgan fingerprint density at radius 1 is 1.03 bits per heavy atom. The molecule has 30 heavy (non-hydrogen) atoms. The van der Waals surface area contributed by atoms with Crippen LogP contribution in [-0.4, -0.2) is 29.0 Å². The van der Waals surface area contributed by atoms with E-state index in [9.17, 15) is 9.18 Å². The van der Waals surface area contributed by atoms with Gasteiger partial charge >= 0.3 is 0 Å². The van der Waals surface area contributed by atoms with Crippen LogP contribution in [0.1, 0.15) is 24.0 Å². The third kappa shape index (κ3) is 4.89. The average Bonchev–Trinajstić information content (AvgIpc) is 2.78. The Balaban J connectivity index is 1.35. The lowest BCUT2D eigenvalue weighted by Gasteiger charge is -2.33. The average molecular weight is 428 g/mol. The van der Waals surface area contributed by atoms with Gasteiger partial charge in [0.1, 0.15) is 10.8 Å².